The van der Waals surface area contributed by atoms with Crippen molar-refractivity contribution in [2.24, 2.45) is 0 Å². The second kappa shape index (κ2) is 6.48. The summed E-state index contributed by atoms with van der Waals surface area (Å²) in [5, 5.41) is 5.16. The summed E-state index contributed by atoms with van der Waals surface area (Å²) in [6.45, 7) is 0.396. The lowest BCUT2D eigenvalue weighted by Gasteiger charge is -2.17. The predicted molar refractivity (Wildman–Crippen MR) is 85.8 cm³/mol. The molecule has 1 aliphatic rings. The van der Waals surface area contributed by atoms with E-state index < -0.39 is 11.8 Å². The van der Waals surface area contributed by atoms with Crippen LogP contribution < -0.4 is 15.5 Å². The summed E-state index contributed by atoms with van der Waals surface area (Å²) in [7, 11) is 0. The number of carbonyl (C=O) groups is 2. The van der Waals surface area contributed by atoms with E-state index in [4.69, 9.17) is 0 Å². The van der Waals surface area contributed by atoms with Crippen molar-refractivity contribution in [1.29, 1.82) is 0 Å². The number of urea groups is 1. The zero-order chi connectivity index (χ0) is 16.2. The summed E-state index contributed by atoms with van der Waals surface area (Å²) in [4.78, 5) is 25.7. The fraction of sp³-hybridized carbons (Fsp3) is 0.176. The minimum atomic E-state index is -0.525. The first-order valence-electron chi connectivity index (χ1n) is 7.31. The SMILES string of the molecule is O=C(Nc1ccccc1F)N[C@@H]1CC(=O)N(c2ccccc2)C1. The number of carbonyl (C=O) groups excluding carboxylic acids is 2. The molecular formula is C17H16FN3O2. The molecule has 3 amide bonds. The molecular weight excluding hydrogens is 297 g/mol. The van der Waals surface area contributed by atoms with Crippen molar-refractivity contribution < 1.29 is 14.0 Å². The van der Waals surface area contributed by atoms with Crippen LogP contribution in [0, 0.1) is 5.82 Å². The van der Waals surface area contributed by atoms with Crippen LogP contribution in [0.4, 0.5) is 20.6 Å². The number of hydrogen-bond donors (Lipinski definition) is 2. The molecule has 118 valence electrons. The van der Waals surface area contributed by atoms with Gasteiger partial charge in [0.25, 0.3) is 0 Å². The summed E-state index contributed by atoms with van der Waals surface area (Å²) in [5.41, 5.74) is 0.908. The first kappa shape index (κ1) is 15.0. The molecule has 1 atom stereocenters. The third-order valence-corrected chi connectivity index (χ3v) is 3.65. The van der Waals surface area contributed by atoms with Gasteiger partial charge in [-0.25, -0.2) is 9.18 Å². The average Bonchev–Trinajstić information content (AvgIpc) is 2.91. The van der Waals surface area contributed by atoms with Gasteiger partial charge in [0.1, 0.15) is 5.82 Å². The lowest BCUT2D eigenvalue weighted by molar-refractivity contribution is -0.117. The smallest absolute Gasteiger partial charge is 0.319 e. The zero-order valence-electron chi connectivity index (χ0n) is 12.3. The Hall–Kier alpha value is -2.89. The molecule has 1 heterocycles. The Morgan fingerprint density at radius 1 is 1.09 bits per heavy atom. The van der Waals surface area contributed by atoms with Gasteiger partial charge in [-0.15, -0.1) is 0 Å². The molecule has 0 saturated carbocycles. The maximum atomic E-state index is 13.5. The number of benzene rings is 2. The topological polar surface area (TPSA) is 61.4 Å². The Balaban J connectivity index is 1.60. The van der Waals surface area contributed by atoms with Crippen LogP contribution in [0.1, 0.15) is 6.42 Å². The van der Waals surface area contributed by atoms with E-state index in [0.717, 1.165) is 5.69 Å². The van der Waals surface area contributed by atoms with Gasteiger partial charge in [-0.1, -0.05) is 30.3 Å². The molecule has 0 aromatic heterocycles. The molecule has 2 aromatic carbocycles. The number of nitrogens with one attached hydrogen (secondary N) is 2. The Morgan fingerprint density at radius 2 is 1.78 bits per heavy atom. The molecule has 0 unspecified atom stereocenters. The van der Waals surface area contributed by atoms with Gasteiger partial charge in [-0.3, -0.25) is 4.79 Å². The number of hydrogen-bond acceptors (Lipinski definition) is 2. The quantitative estimate of drug-likeness (QED) is 0.915. The minimum absolute atomic E-state index is 0.0487. The third-order valence-electron chi connectivity index (χ3n) is 3.65. The number of amides is 3. The van der Waals surface area contributed by atoms with Gasteiger partial charge >= 0.3 is 6.03 Å². The van der Waals surface area contributed by atoms with Crippen LogP contribution in [-0.2, 0) is 4.79 Å². The largest absolute Gasteiger partial charge is 0.333 e. The molecule has 6 heteroatoms. The van der Waals surface area contributed by atoms with Crippen molar-refractivity contribution in [3.63, 3.8) is 0 Å². The summed E-state index contributed by atoms with van der Waals surface area (Å²) in [5.74, 6) is -0.552. The Labute approximate surface area is 133 Å². The number of para-hydroxylation sites is 2. The molecule has 3 rings (SSSR count). The van der Waals surface area contributed by atoms with Gasteiger partial charge in [-0.2, -0.15) is 0 Å². The van der Waals surface area contributed by atoms with Gasteiger partial charge < -0.3 is 15.5 Å². The lowest BCUT2D eigenvalue weighted by atomic mass is 10.2. The van der Waals surface area contributed by atoms with Gasteiger partial charge in [0, 0.05) is 18.7 Å². The Bertz CT molecular complexity index is 721. The summed E-state index contributed by atoms with van der Waals surface area (Å²) >= 11 is 0. The number of rotatable bonds is 3. The summed E-state index contributed by atoms with van der Waals surface area (Å²) < 4.78 is 13.5. The van der Waals surface area contributed by atoms with E-state index in [0.29, 0.717) is 6.54 Å². The van der Waals surface area contributed by atoms with E-state index in [1.165, 1.54) is 12.1 Å². The Morgan fingerprint density at radius 3 is 2.52 bits per heavy atom. The normalized spacial score (nSPS) is 17.2. The highest BCUT2D eigenvalue weighted by Gasteiger charge is 2.31. The number of nitrogens with zero attached hydrogens (tertiary/aromatic N) is 1. The third kappa shape index (κ3) is 3.48. The molecule has 0 radical (unpaired) electrons. The molecule has 5 nitrogen and oxygen atoms in total. The minimum Gasteiger partial charge on any atom is -0.333 e. The molecule has 0 aliphatic carbocycles. The van der Waals surface area contributed by atoms with Crippen molar-refractivity contribution in [1.82, 2.24) is 5.32 Å². The van der Waals surface area contributed by atoms with Crippen LogP contribution in [-0.4, -0.2) is 24.5 Å². The Kier molecular flexibility index (Phi) is 4.23. The van der Waals surface area contributed by atoms with Crippen LogP contribution in [0.5, 0.6) is 0 Å². The van der Waals surface area contributed by atoms with Crippen LogP contribution in [0.2, 0.25) is 0 Å². The first-order valence-corrected chi connectivity index (χ1v) is 7.31. The highest BCUT2D eigenvalue weighted by atomic mass is 19.1. The predicted octanol–water partition coefficient (Wildman–Crippen LogP) is 2.75. The molecule has 23 heavy (non-hydrogen) atoms. The van der Waals surface area contributed by atoms with E-state index in [1.54, 1.807) is 17.0 Å². The maximum absolute atomic E-state index is 13.5. The fourth-order valence-corrected chi connectivity index (χ4v) is 2.57. The van der Waals surface area contributed by atoms with Crippen molar-refractivity contribution in [2.45, 2.75) is 12.5 Å². The van der Waals surface area contributed by atoms with E-state index in [-0.39, 0.29) is 24.1 Å². The molecule has 0 spiro atoms. The lowest BCUT2D eigenvalue weighted by Crippen LogP contribution is -2.39. The van der Waals surface area contributed by atoms with Gasteiger partial charge in [0.05, 0.1) is 11.7 Å². The maximum Gasteiger partial charge on any atom is 0.319 e. The van der Waals surface area contributed by atoms with Gasteiger partial charge in [-0.05, 0) is 24.3 Å². The highest BCUT2D eigenvalue weighted by molar-refractivity contribution is 5.97. The van der Waals surface area contributed by atoms with Crippen molar-refractivity contribution in [3.05, 3.63) is 60.4 Å². The first-order chi connectivity index (χ1) is 11.1. The van der Waals surface area contributed by atoms with Crippen LogP contribution in [0.15, 0.2) is 54.6 Å². The van der Waals surface area contributed by atoms with E-state index in [9.17, 15) is 14.0 Å². The number of anilines is 2. The summed E-state index contributed by atoms with van der Waals surface area (Å²) in [6, 6.07) is 14.4. The van der Waals surface area contributed by atoms with Crippen LogP contribution in [0.25, 0.3) is 0 Å². The second-order valence-electron chi connectivity index (χ2n) is 5.32. The zero-order valence-corrected chi connectivity index (χ0v) is 12.3. The standard InChI is InChI=1S/C17H16FN3O2/c18-14-8-4-5-9-15(14)20-17(23)19-12-10-16(22)21(11-12)13-6-2-1-3-7-13/h1-9,12H,10-11H2,(H2,19,20,23)/t12-/m1/s1. The van der Waals surface area contributed by atoms with E-state index in [2.05, 4.69) is 10.6 Å². The highest BCUT2D eigenvalue weighted by Crippen LogP contribution is 2.21. The monoisotopic (exact) mass is 313 g/mol. The van der Waals surface area contributed by atoms with E-state index >= 15 is 0 Å². The fourth-order valence-electron chi connectivity index (χ4n) is 2.57. The van der Waals surface area contributed by atoms with Crippen LogP contribution >= 0.6 is 0 Å². The van der Waals surface area contributed by atoms with Crippen molar-refractivity contribution >= 4 is 23.3 Å². The molecule has 0 bridgehead atoms. The van der Waals surface area contributed by atoms with Crippen molar-refractivity contribution in [3.8, 4) is 0 Å². The van der Waals surface area contributed by atoms with Gasteiger partial charge in [0.15, 0.2) is 0 Å². The average molecular weight is 313 g/mol. The molecule has 1 fully saturated rings. The summed E-state index contributed by atoms with van der Waals surface area (Å²) in [6.07, 6.45) is 0.222. The van der Waals surface area contributed by atoms with E-state index in [1.807, 2.05) is 30.3 Å². The molecule has 1 aliphatic heterocycles. The molecule has 2 N–H and O–H groups in total. The van der Waals surface area contributed by atoms with Crippen molar-refractivity contribution in [2.75, 3.05) is 16.8 Å². The van der Waals surface area contributed by atoms with Gasteiger partial charge in [0.2, 0.25) is 5.91 Å². The number of halogens is 1. The van der Waals surface area contributed by atoms with Crippen LogP contribution in [0.3, 0.4) is 0 Å². The second-order valence-corrected chi connectivity index (χ2v) is 5.32. The molecule has 1 saturated heterocycles. The molecule has 2 aromatic rings.